The smallest absolute Gasteiger partial charge is 0.0198 e. The van der Waals surface area contributed by atoms with Crippen LogP contribution in [0.25, 0.3) is 0 Å². The Balaban J connectivity index is 1.73. The van der Waals surface area contributed by atoms with Gasteiger partial charge in [-0.2, -0.15) is 0 Å². The zero-order valence-corrected chi connectivity index (χ0v) is 10.3. The van der Waals surface area contributed by atoms with Crippen LogP contribution in [-0.4, -0.2) is 37.1 Å². The minimum absolute atomic E-state index is 0.756. The molecular weight excluding hydrogens is 184 g/mol. The molecule has 2 heteroatoms. The summed E-state index contributed by atoms with van der Waals surface area (Å²) in [5.74, 6) is 0.884. The molecule has 1 saturated carbocycles. The van der Waals surface area contributed by atoms with Gasteiger partial charge >= 0.3 is 0 Å². The lowest BCUT2D eigenvalue weighted by atomic mass is 9.94. The minimum Gasteiger partial charge on any atom is -0.312 e. The Morgan fingerprint density at radius 3 is 2.53 bits per heavy atom. The number of nitrogens with one attached hydrogen (secondary N) is 1. The highest BCUT2D eigenvalue weighted by Gasteiger charge is 2.25. The van der Waals surface area contributed by atoms with Gasteiger partial charge in [0.25, 0.3) is 0 Å². The maximum Gasteiger partial charge on any atom is 0.0198 e. The van der Waals surface area contributed by atoms with Crippen molar-refractivity contribution >= 4 is 0 Å². The van der Waals surface area contributed by atoms with Gasteiger partial charge in [-0.1, -0.05) is 26.2 Å². The molecule has 88 valence electrons. The topological polar surface area (TPSA) is 15.3 Å². The lowest BCUT2D eigenvalue weighted by Gasteiger charge is -2.32. The van der Waals surface area contributed by atoms with Crippen molar-refractivity contribution in [3.05, 3.63) is 0 Å². The monoisotopic (exact) mass is 210 g/mol. The van der Waals surface area contributed by atoms with Crippen LogP contribution in [0.15, 0.2) is 0 Å². The molecule has 1 heterocycles. The van der Waals surface area contributed by atoms with Crippen LogP contribution in [0.5, 0.6) is 0 Å². The first-order valence-electron chi connectivity index (χ1n) is 6.69. The van der Waals surface area contributed by atoms with Crippen molar-refractivity contribution in [3.8, 4) is 0 Å². The van der Waals surface area contributed by atoms with Crippen molar-refractivity contribution in [1.29, 1.82) is 0 Å². The van der Waals surface area contributed by atoms with E-state index in [1.54, 1.807) is 0 Å². The quantitative estimate of drug-likeness (QED) is 0.768. The molecule has 1 aliphatic heterocycles. The van der Waals surface area contributed by atoms with Crippen LogP contribution < -0.4 is 5.32 Å². The minimum atomic E-state index is 0.756. The van der Waals surface area contributed by atoms with Crippen LogP contribution in [0.2, 0.25) is 0 Å². The molecule has 0 amide bonds. The Hall–Kier alpha value is -0.0800. The molecular formula is C13H26N2. The first-order chi connectivity index (χ1) is 7.25. The highest BCUT2D eigenvalue weighted by atomic mass is 15.2. The Kier molecular flexibility index (Phi) is 4.04. The number of hydrogen-bond acceptors (Lipinski definition) is 2. The van der Waals surface area contributed by atoms with E-state index in [4.69, 9.17) is 0 Å². The van der Waals surface area contributed by atoms with Gasteiger partial charge < -0.3 is 10.2 Å². The summed E-state index contributed by atoms with van der Waals surface area (Å²) >= 11 is 0. The van der Waals surface area contributed by atoms with Crippen LogP contribution >= 0.6 is 0 Å². The van der Waals surface area contributed by atoms with Crippen molar-refractivity contribution in [2.24, 2.45) is 5.92 Å². The van der Waals surface area contributed by atoms with E-state index in [-0.39, 0.29) is 0 Å². The molecule has 0 aromatic carbocycles. The van der Waals surface area contributed by atoms with Crippen molar-refractivity contribution in [3.63, 3.8) is 0 Å². The van der Waals surface area contributed by atoms with Crippen molar-refractivity contribution in [2.45, 2.75) is 57.5 Å². The zero-order chi connectivity index (χ0) is 10.7. The Labute approximate surface area is 94.4 Å². The summed E-state index contributed by atoms with van der Waals surface area (Å²) in [4.78, 5) is 2.61. The third-order valence-electron chi connectivity index (χ3n) is 4.15. The van der Waals surface area contributed by atoms with Gasteiger partial charge in [0.2, 0.25) is 0 Å². The number of hydrogen-bond donors (Lipinski definition) is 1. The molecule has 1 saturated heterocycles. The van der Waals surface area contributed by atoms with Gasteiger partial charge in [-0.25, -0.2) is 0 Å². The predicted octanol–water partition coefficient (Wildman–Crippen LogP) is 2.25. The van der Waals surface area contributed by atoms with E-state index in [0.29, 0.717) is 0 Å². The highest BCUT2D eigenvalue weighted by molar-refractivity contribution is 4.83. The Morgan fingerprint density at radius 2 is 1.93 bits per heavy atom. The van der Waals surface area contributed by atoms with Gasteiger partial charge in [0.05, 0.1) is 0 Å². The summed E-state index contributed by atoms with van der Waals surface area (Å²) in [7, 11) is 2.32. The standard InChI is InChI=1S/C13H26N2/c1-11-8-12(14-9-11)10-15(2)13-6-4-3-5-7-13/h11-14H,3-10H2,1-2H3/t11-,12?/m1/s1. The summed E-state index contributed by atoms with van der Waals surface area (Å²) in [5, 5.41) is 3.63. The largest absolute Gasteiger partial charge is 0.312 e. The third-order valence-corrected chi connectivity index (χ3v) is 4.15. The molecule has 1 aliphatic carbocycles. The second-order valence-corrected chi connectivity index (χ2v) is 5.68. The van der Waals surface area contributed by atoms with Gasteiger partial charge in [0.15, 0.2) is 0 Å². The maximum absolute atomic E-state index is 3.63. The van der Waals surface area contributed by atoms with E-state index in [1.165, 1.54) is 51.6 Å². The number of likely N-dealkylation sites (N-methyl/N-ethyl adjacent to an activating group) is 1. The molecule has 2 atom stereocenters. The molecule has 1 unspecified atom stereocenters. The summed E-state index contributed by atoms with van der Waals surface area (Å²) in [5.41, 5.74) is 0. The van der Waals surface area contributed by atoms with Crippen LogP contribution in [0.4, 0.5) is 0 Å². The van der Waals surface area contributed by atoms with Gasteiger partial charge in [0, 0.05) is 18.6 Å². The number of nitrogens with zero attached hydrogens (tertiary/aromatic N) is 1. The summed E-state index contributed by atoms with van der Waals surface area (Å²) in [6, 6.07) is 1.63. The molecule has 0 spiro atoms. The molecule has 15 heavy (non-hydrogen) atoms. The molecule has 2 aliphatic rings. The van der Waals surface area contributed by atoms with E-state index in [1.807, 2.05) is 0 Å². The van der Waals surface area contributed by atoms with Gasteiger partial charge in [-0.05, 0) is 38.8 Å². The van der Waals surface area contributed by atoms with Crippen molar-refractivity contribution < 1.29 is 0 Å². The SMILES string of the molecule is C[C@H]1CNC(CN(C)C2CCCCC2)C1. The lowest BCUT2D eigenvalue weighted by molar-refractivity contribution is 0.177. The lowest BCUT2D eigenvalue weighted by Crippen LogP contribution is -2.41. The predicted molar refractivity (Wildman–Crippen MR) is 65.1 cm³/mol. The molecule has 0 aromatic heterocycles. The van der Waals surface area contributed by atoms with E-state index in [9.17, 15) is 0 Å². The Morgan fingerprint density at radius 1 is 1.20 bits per heavy atom. The number of rotatable bonds is 3. The first-order valence-corrected chi connectivity index (χ1v) is 6.69. The zero-order valence-electron chi connectivity index (χ0n) is 10.3. The first kappa shape index (κ1) is 11.4. The molecule has 2 fully saturated rings. The third kappa shape index (κ3) is 3.18. The van der Waals surface area contributed by atoms with E-state index in [0.717, 1.165) is 18.0 Å². The molecule has 0 bridgehead atoms. The molecule has 2 rings (SSSR count). The molecule has 1 N–H and O–H groups in total. The average Bonchev–Trinajstić information content (AvgIpc) is 2.65. The van der Waals surface area contributed by atoms with Crippen LogP contribution in [0.1, 0.15) is 45.4 Å². The van der Waals surface area contributed by atoms with E-state index in [2.05, 4.69) is 24.2 Å². The summed E-state index contributed by atoms with van der Waals surface area (Å²) < 4.78 is 0. The maximum atomic E-state index is 3.63. The van der Waals surface area contributed by atoms with Gasteiger partial charge in [-0.3, -0.25) is 0 Å². The normalized spacial score (nSPS) is 33.8. The van der Waals surface area contributed by atoms with Crippen LogP contribution in [0, 0.1) is 5.92 Å². The summed E-state index contributed by atoms with van der Waals surface area (Å²) in [6.45, 7) is 4.84. The average molecular weight is 210 g/mol. The van der Waals surface area contributed by atoms with Crippen molar-refractivity contribution in [1.82, 2.24) is 10.2 Å². The van der Waals surface area contributed by atoms with Crippen LogP contribution in [-0.2, 0) is 0 Å². The van der Waals surface area contributed by atoms with Gasteiger partial charge in [-0.15, -0.1) is 0 Å². The van der Waals surface area contributed by atoms with Gasteiger partial charge in [0.1, 0.15) is 0 Å². The molecule has 2 nitrogen and oxygen atoms in total. The van der Waals surface area contributed by atoms with E-state index >= 15 is 0 Å². The molecule has 0 radical (unpaired) electrons. The molecule has 0 aromatic rings. The second kappa shape index (κ2) is 5.31. The van der Waals surface area contributed by atoms with Crippen molar-refractivity contribution in [2.75, 3.05) is 20.1 Å². The second-order valence-electron chi connectivity index (χ2n) is 5.68. The Bertz CT molecular complexity index is 187. The highest BCUT2D eigenvalue weighted by Crippen LogP contribution is 2.23. The van der Waals surface area contributed by atoms with E-state index < -0.39 is 0 Å². The fourth-order valence-electron chi connectivity index (χ4n) is 3.18. The fourth-order valence-corrected chi connectivity index (χ4v) is 3.18. The fraction of sp³-hybridized carbons (Fsp3) is 1.00. The van der Waals surface area contributed by atoms with Crippen LogP contribution in [0.3, 0.4) is 0 Å². The summed E-state index contributed by atoms with van der Waals surface area (Å²) in [6.07, 6.45) is 8.59.